The fourth-order valence-corrected chi connectivity index (χ4v) is 8.11. The quantitative estimate of drug-likeness (QED) is 0.526. The predicted octanol–water partition coefficient (Wildman–Crippen LogP) is 4.23. The minimum atomic E-state index is -0.187. The van der Waals surface area contributed by atoms with E-state index >= 15 is 0 Å². The zero-order valence-electron chi connectivity index (χ0n) is 21.8. The maximum atomic E-state index is 13.6. The number of hydrogen-bond acceptors (Lipinski definition) is 3. The number of nitrogens with zero attached hydrogens (tertiary/aromatic N) is 2. The van der Waals surface area contributed by atoms with Crippen LogP contribution in [0.2, 0.25) is 0 Å². The third-order valence-electron chi connectivity index (χ3n) is 10.2. The van der Waals surface area contributed by atoms with Gasteiger partial charge in [-0.05, 0) is 74.5 Å². The topological polar surface area (TPSA) is 71.4 Å². The Morgan fingerprint density at radius 2 is 1.92 bits per heavy atom. The molecule has 5 aliphatic rings. The molecule has 1 saturated heterocycles. The average molecular weight is 492 g/mol. The molecule has 3 saturated carbocycles. The maximum absolute atomic E-state index is 13.6. The Bertz CT molecular complexity index is 1120. The van der Waals surface area contributed by atoms with Gasteiger partial charge in [0.15, 0.2) is 5.43 Å². The van der Waals surface area contributed by atoms with Crippen LogP contribution < -0.4 is 10.7 Å². The van der Waals surface area contributed by atoms with Crippen LogP contribution in [0.5, 0.6) is 0 Å². The first-order chi connectivity index (χ1) is 17.5. The summed E-state index contributed by atoms with van der Waals surface area (Å²) in [5.41, 5.74) is 2.57. The Kier molecular flexibility index (Phi) is 6.33. The van der Waals surface area contributed by atoms with E-state index in [1.165, 1.54) is 44.9 Å². The molecular formula is C30H41N3O3. The zero-order chi connectivity index (χ0) is 24.9. The lowest BCUT2D eigenvalue weighted by molar-refractivity contribution is -0.127. The fourth-order valence-electron chi connectivity index (χ4n) is 8.11. The van der Waals surface area contributed by atoms with Crippen molar-refractivity contribution < 1.29 is 9.59 Å². The molecule has 1 aliphatic heterocycles. The summed E-state index contributed by atoms with van der Waals surface area (Å²) >= 11 is 0. The fraction of sp³-hybridized carbons (Fsp3) is 0.700. The van der Waals surface area contributed by atoms with Gasteiger partial charge in [-0.15, -0.1) is 0 Å². The number of nitrogens with one attached hydrogen (secondary N) is 1. The Hall–Kier alpha value is -2.37. The van der Waals surface area contributed by atoms with Crippen LogP contribution in [0, 0.1) is 36.0 Å². The van der Waals surface area contributed by atoms with E-state index in [4.69, 9.17) is 0 Å². The normalized spacial score (nSPS) is 28.1. The standard InChI is InChI=1S/C30H41N3O3/c1-20-16-26(34)28(29(36)31-19-22-18-23-9-10-24(22)30(23)11-12-30)25(17-21-6-2-3-7-21)33(20)15-5-14-32-13-4-8-27(32)35/h9-10,16,21-24H,2-8,11-15,17-19H2,1H3,(H,31,36)/t22-,23+,24+/m0/s1. The van der Waals surface area contributed by atoms with Crippen LogP contribution >= 0.6 is 0 Å². The molecule has 0 radical (unpaired) electrons. The lowest BCUT2D eigenvalue weighted by Crippen LogP contribution is -2.37. The lowest BCUT2D eigenvalue weighted by Gasteiger charge is -2.24. The number of aryl methyl sites for hydroxylation is 1. The van der Waals surface area contributed by atoms with E-state index in [9.17, 15) is 14.4 Å². The second-order valence-electron chi connectivity index (χ2n) is 12.3. The molecule has 4 aliphatic carbocycles. The molecule has 194 valence electrons. The van der Waals surface area contributed by atoms with Gasteiger partial charge in [0.2, 0.25) is 5.91 Å². The van der Waals surface area contributed by atoms with Crippen LogP contribution in [0.4, 0.5) is 0 Å². The van der Waals surface area contributed by atoms with Gasteiger partial charge in [0.05, 0.1) is 0 Å². The van der Waals surface area contributed by atoms with Crippen LogP contribution in [-0.4, -0.2) is 40.9 Å². The Balaban J connectivity index is 1.21. The van der Waals surface area contributed by atoms with Crippen LogP contribution in [0.1, 0.15) is 86.0 Å². The molecule has 6 nitrogen and oxygen atoms in total. The molecule has 1 aromatic heterocycles. The predicted molar refractivity (Wildman–Crippen MR) is 140 cm³/mol. The Morgan fingerprint density at radius 1 is 1.11 bits per heavy atom. The number of hydrogen-bond donors (Lipinski definition) is 1. The second kappa shape index (κ2) is 9.50. The lowest BCUT2D eigenvalue weighted by atomic mass is 9.89. The van der Waals surface area contributed by atoms with Gasteiger partial charge in [-0.2, -0.15) is 0 Å². The SMILES string of the molecule is Cc1cc(=O)c(C(=O)NC[C@@H]2C[C@H]3C=C[C@H]2C32CC2)c(CC2CCCC2)n1CCCN1CCCC1=O. The third-order valence-corrected chi connectivity index (χ3v) is 10.2. The first-order valence-corrected chi connectivity index (χ1v) is 14.4. The third kappa shape index (κ3) is 4.24. The van der Waals surface area contributed by atoms with E-state index in [0.717, 1.165) is 50.3 Å². The zero-order valence-corrected chi connectivity index (χ0v) is 21.8. The number of rotatable bonds is 9. The van der Waals surface area contributed by atoms with E-state index < -0.39 is 0 Å². The van der Waals surface area contributed by atoms with Gasteiger partial charge in [-0.3, -0.25) is 14.4 Å². The molecule has 36 heavy (non-hydrogen) atoms. The number of allylic oxidation sites excluding steroid dienone is 2. The summed E-state index contributed by atoms with van der Waals surface area (Å²) in [6, 6.07) is 1.65. The highest BCUT2D eigenvalue weighted by atomic mass is 16.2. The number of likely N-dealkylation sites (tertiary alicyclic amines) is 1. The van der Waals surface area contributed by atoms with Crippen molar-refractivity contribution in [3.05, 3.63) is 45.4 Å². The van der Waals surface area contributed by atoms with Crippen molar-refractivity contribution in [2.75, 3.05) is 19.6 Å². The minimum Gasteiger partial charge on any atom is -0.352 e. The number of aromatic nitrogens is 1. The highest BCUT2D eigenvalue weighted by molar-refractivity contribution is 5.95. The maximum Gasteiger partial charge on any atom is 0.257 e. The van der Waals surface area contributed by atoms with Gasteiger partial charge >= 0.3 is 0 Å². The summed E-state index contributed by atoms with van der Waals surface area (Å²) < 4.78 is 2.22. The van der Waals surface area contributed by atoms with Gasteiger partial charge in [-0.25, -0.2) is 0 Å². The summed E-state index contributed by atoms with van der Waals surface area (Å²) in [7, 11) is 0. The number of carbonyl (C=O) groups is 2. The summed E-state index contributed by atoms with van der Waals surface area (Å²) in [6.45, 7) is 4.98. The summed E-state index contributed by atoms with van der Waals surface area (Å²) in [5, 5.41) is 3.21. The molecule has 0 aromatic carbocycles. The van der Waals surface area contributed by atoms with Crippen molar-refractivity contribution in [3.63, 3.8) is 0 Å². The molecule has 4 fully saturated rings. The van der Waals surface area contributed by atoms with Crippen molar-refractivity contribution in [1.82, 2.24) is 14.8 Å². The molecule has 2 heterocycles. The molecule has 1 N–H and O–H groups in total. The van der Waals surface area contributed by atoms with E-state index in [-0.39, 0.29) is 17.2 Å². The van der Waals surface area contributed by atoms with Crippen molar-refractivity contribution in [3.8, 4) is 0 Å². The van der Waals surface area contributed by atoms with Crippen LogP contribution in [0.25, 0.3) is 0 Å². The Labute approximate surface area is 214 Å². The molecule has 1 spiro atoms. The van der Waals surface area contributed by atoms with E-state index in [1.807, 2.05) is 11.8 Å². The van der Waals surface area contributed by atoms with Crippen LogP contribution in [0.15, 0.2) is 23.0 Å². The first kappa shape index (κ1) is 24.0. The van der Waals surface area contributed by atoms with Crippen molar-refractivity contribution in [2.24, 2.45) is 29.1 Å². The van der Waals surface area contributed by atoms with Gasteiger partial charge < -0.3 is 14.8 Å². The highest BCUT2D eigenvalue weighted by Crippen LogP contribution is 2.69. The van der Waals surface area contributed by atoms with Crippen molar-refractivity contribution >= 4 is 11.8 Å². The average Bonchev–Trinajstić information content (AvgIpc) is 3.12. The van der Waals surface area contributed by atoms with Gasteiger partial charge in [0.25, 0.3) is 5.91 Å². The molecule has 3 atom stereocenters. The van der Waals surface area contributed by atoms with Gasteiger partial charge in [-0.1, -0.05) is 37.8 Å². The number of carbonyl (C=O) groups excluding carboxylic acids is 2. The number of amides is 2. The van der Waals surface area contributed by atoms with E-state index in [1.54, 1.807) is 6.07 Å². The summed E-state index contributed by atoms with van der Waals surface area (Å²) in [6.07, 6.45) is 16.7. The molecule has 2 amide bonds. The minimum absolute atomic E-state index is 0.143. The van der Waals surface area contributed by atoms with Gasteiger partial charge in [0.1, 0.15) is 5.56 Å². The van der Waals surface area contributed by atoms with Crippen molar-refractivity contribution in [1.29, 1.82) is 0 Å². The second-order valence-corrected chi connectivity index (χ2v) is 12.3. The highest BCUT2D eigenvalue weighted by Gasteiger charge is 2.62. The van der Waals surface area contributed by atoms with Crippen molar-refractivity contribution in [2.45, 2.75) is 84.1 Å². The summed E-state index contributed by atoms with van der Waals surface area (Å²) in [5.74, 6) is 2.39. The molecule has 1 aromatic rings. The molecular weight excluding hydrogens is 450 g/mol. The molecule has 6 rings (SSSR count). The molecule has 0 unspecified atom stereocenters. The number of pyridine rings is 1. The van der Waals surface area contributed by atoms with Gasteiger partial charge in [0, 0.05) is 50.1 Å². The van der Waals surface area contributed by atoms with Crippen LogP contribution in [-0.2, 0) is 17.8 Å². The van der Waals surface area contributed by atoms with E-state index in [2.05, 4.69) is 22.0 Å². The molecule has 6 heteroatoms. The molecule has 2 bridgehead atoms. The van der Waals surface area contributed by atoms with E-state index in [0.29, 0.717) is 47.6 Å². The monoisotopic (exact) mass is 491 g/mol. The smallest absolute Gasteiger partial charge is 0.257 e. The van der Waals surface area contributed by atoms with Crippen LogP contribution in [0.3, 0.4) is 0 Å². The largest absolute Gasteiger partial charge is 0.352 e. The first-order valence-electron chi connectivity index (χ1n) is 14.4. The summed E-state index contributed by atoms with van der Waals surface area (Å²) in [4.78, 5) is 40.9. The Morgan fingerprint density at radius 3 is 2.61 bits per heavy atom.